The molecule has 0 aliphatic carbocycles. The lowest BCUT2D eigenvalue weighted by molar-refractivity contribution is 0.0138. The average Bonchev–Trinajstić information content (AvgIpc) is 2.86. The van der Waals surface area contributed by atoms with Gasteiger partial charge in [-0.25, -0.2) is 13.9 Å². The highest BCUT2D eigenvalue weighted by molar-refractivity contribution is 5.68. The fourth-order valence-corrected chi connectivity index (χ4v) is 4.26. The summed E-state index contributed by atoms with van der Waals surface area (Å²) in [4.78, 5) is 29.7. The number of aromatic nitrogens is 2. The zero-order valence-electron chi connectivity index (χ0n) is 21.6. The number of halogens is 1. The van der Waals surface area contributed by atoms with Gasteiger partial charge in [-0.1, -0.05) is 30.3 Å². The van der Waals surface area contributed by atoms with Gasteiger partial charge in [0.05, 0.1) is 12.2 Å². The summed E-state index contributed by atoms with van der Waals surface area (Å²) in [5, 5.41) is 4.62. The molecular weight excluding hydrogens is 473 g/mol. The molecule has 1 amide bonds. The van der Waals surface area contributed by atoms with Gasteiger partial charge in [0.15, 0.2) is 0 Å². The number of carbonyl (C=O) groups excluding carboxylic acids is 1. The van der Waals surface area contributed by atoms with Crippen molar-refractivity contribution in [3.63, 3.8) is 0 Å². The number of amides is 1. The molecule has 1 aliphatic rings. The smallest absolute Gasteiger partial charge is 0.410 e. The SMILES string of the molecule is CC(C)(C)OC(=O)N1CCN(Cc2cc(-c3ccc(F)c(CN)c3)nn(Cc3ccccc3)c2=O)CC1. The van der Waals surface area contributed by atoms with E-state index in [0.717, 1.165) is 5.56 Å². The first-order valence-electron chi connectivity index (χ1n) is 12.5. The van der Waals surface area contributed by atoms with Crippen LogP contribution < -0.4 is 11.3 Å². The van der Waals surface area contributed by atoms with Gasteiger partial charge in [-0.05, 0) is 50.6 Å². The largest absolute Gasteiger partial charge is 0.444 e. The van der Waals surface area contributed by atoms with E-state index < -0.39 is 5.60 Å². The minimum Gasteiger partial charge on any atom is -0.444 e. The molecule has 0 spiro atoms. The number of piperazine rings is 1. The lowest BCUT2D eigenvalue weighted by atomic mass is 10.1. The zero-order valence-corrected chi connectivity index (χ0v) is 21.6. The molecule has 0 atom stereocenters. The van der Waals surface area contributed by atoms with Crippen molar-refractivity contribution in [1.29, 1.82) is 0 Å². The van der Waals surface area contributed by atoms with Crippen LogP contribution in [0.25, 0.3) is 11.3 Å². The Morgan fingerprint density at radius 2 is 1.70 bits per heavy atom. The van der Waals surface area contributed by atoms with E-state index in [4.69, 9.17) is 10.5 Å². The molecule has 4 rings (SSSR count). The van der Waals surface area contributed by atoms with Crippen LogP contribution in [-0.4, -0.2) is 57.5 Å². The number of ether oxygens (including phenoxy) is 1. The fourth-order valence-electron chi connectivity index (χ4n) is 4.26. The Kier molecular flexibility index (Phi) is 8.04. The second-order valence-corrected chi connectivity index (χ2v) is 10.3. The van der Waals surface area contributed by atoms with Crippen LogP contribution in [0.4, 0.5) is 9.18 Å². The second kappa shape index (κ2) is 11.2. The number of hydrogen-bond donors (Lipinski definition) is 1. The maximum atomic E-state index is 14.1. The lowest BCUT2D eigenvalue weighted by Crippen LogP contribution is -2.50. The van der Waals surface area contributed by atoms with Crippen LogP contribution in [0.15, 0.2) is 59.4 Å². The third kappa shape index (κ3) is 6.81. The molecule has 0 radical (unpaired) electrons. The molecule has 9 heteroatoms. The molecule has 0 unspecified atom stereocenters. The number of rotatable bonds is 6. The molecule has 2 heterocycles. The van der Waals surface area contributed by atoms with Crippen LogP contribution in [0.3, 0.4) is 0 Å². The molecule has 2 aromatic carbocycles. The van der Waals surface area contributed by atoms with Gasteiger partial charge >= 0.3 is 6.09 Å². The van der Waals surface area contributed by atoms with E-state index in [2.05, 4.69) is 10.00 Å². The second-order valence-electron chi connectivity index (χ2n) is 10.3. The highest BCUT2D eigenvalue weighted by Gasteiger charge is 2.26. The van der Waals surface area contributed by atoms with E-state index in [1.54, 1.807) is 23.1 Å². The highest BCUT2D eigenvalue weighted by atomic mass is 19.1. The highest BCUT2D eigenvalue weighted by Crippen LogP contribution is 2.21. The Morgan fingerprint density at radius 3 is 2.35 bits per heavy atom. The van der Waals surface area contributed by atoms with E-state index in [1.165, 1.54) is 10.7 Å². The van der Waals surface area contributed by atoms with Crippen molar-refractivity contribution in [2.45, 2.75) is 46.0 Å². The number of nitrogens with two attached hydrogens (primary N) is 1. The Bertz CT molecular complexity index is 1300. The van der Waals surface area contributed by atoms with Gasteiger partial charge in [-0.2, -0.15) is 5.10 Å². The Labute approximate surface area is 216 Å². The van der Waals surface area contributed by atoms with E-state index in [-0.39, 0.29) is 24.0 Å². The van der Waals surface area contributed by atoms with Crippen molar-refractivity contribution < 1.29 is 13.9 Å². The van der Waals surface area contributed by atoms with Crippen molar-refractivity contribution in [1.82, 2.24) is 19.6 Å². The van der Waals surface area contributed by atoms with Crippen LogP contribution in [0.1, 0.15) is 37.5 Å². The van der Waals surface area contributed by atoms with Gasteiger partial charge in [0.25, 0.3) is 5.56 Å². The standard InChI is InChI=1S/C28H34FN5O3/c1-28(2,3)37-27(36)33-13-11-32(12-14-33)19-23-16-25(21-9-10-24(29)22(15-21)17-30)31-34(26(23)35)18-20-7-5-4-6-8-20/h4-10,15-16H,11-14,17-19,30H2,1-3H3. The van der Waals surface area contributed by atoms with Gasteiger partial charge in [-0.3, -0.25) is 9.69 Å². The van der Waals surface area contributed by atoms with Crippen molar-refractivity contribution in [3.05, 3.63) is 87.5 Å². The third-order valence-electron chi connectivity index (χ3n) is 6.20. The molecule has 1 fully saturated rings. The first kappa shape index (κ1) is 26.5. The maximum Gasteiger partial charge on any atom is 0.410 e. The van der Waals surface area contributed by atoms with Gasteiger partial charge in [0.2, 0.25) is 0 Å². The number of benzene rings is 2. The predicted molar refractivity (Wildman–Crippen MR) is 140 cm³/mol. The summed E-state index contributed by atoms with van der Waals surface area (Å²) in [7, 11) is 0. The monoisotopic (exact) mass is 507 g/mol. The fraction of sp³-hybridized carbons (Fsp3) is 0.393. The molecule has 1 aromatic heterocycles. The summed E-state index contributed by atoms with van der Waals surface area (Å²) < 4.78 is 21.0. The summed E-state index contributed by atoms with van der Waals surface area (Å²) in [5.74, 6) is -0.369. The molecule has 1 saturated heterocycles. The molecule has 1 aliphatic heterocycles. The van der Waals surface area contributed by atoms with Crippen LogP contribution >= 0.6 is 0 Å². The van der Waals surface area contributed by atoms with Crippen LogP contribution in [0, 0.1) is 5.82 Å². The van der Waals surface area contributed by atoms with Crippen molar-refractivity contribution in [3.8, 4) is 11.3 Å². The number of hydrogen-bond acceptors (Lipinski definition) is 6. The molecule has 0 bridgehead atoms. The topological polar surface area (TPSA) is 93.7 Å². The lowest BCUT2D eigenvalue weighted by Gasteiger charge is -2.35. The first-order valence-corrected chi connectivity index (χ1v) is 12.5. The van der Waals surface area contributed by atoms with E-state index >= 15 is 0 Å². The summed E-state index contributed by atoms with van der Waals surface area (Å²) in [5.41, 5.74) is 8.19. The summed E-state index contributed by atoms with van der Waals surface area (Å²) >= 11 is 0. The van der Waals surface area contributed by atoms with Gasteiger partial charge < -0.3 is 15.4 Å². The van der Waals surface area contributed by atoms with Crippen molar-refractivity contribution in [2.24, 2.45) is 5.73 Å². The van der Waals surface area contributed by atoms with Gasteiger partial charge in [0.1, 0.15) is 11.4 Å². The number of nitrogens with zero attached hydrogens (tertiary/aromatic N) is 4. The molecule has 2 N–H and O–H groups in total. The normalized spacial score (nSPS) is 14.6. The average molecular weight is 508 g/mol. The van der Waals surface area contributed by atoms with E-state index in [0.29, 0.717) is 61.7 Å². The van der Waals surface area contributed by atoms with Crippen LogP contribution in [0.2, 0.25) is 0 Å². The first-order chi connectivity index (χ1) is 17.6. The Morgan fingerprint density at radius 1 is 1.00 bits per heavy atom. The molecule has 196 valence electrons. The van der Waals surface area contributed by atoms with Gasteiger partial charge in [0, 0.05) is 56.0 Å². The quantitative estimate of drug-likeness (QED) is 0.548. The van der Waals surface area contributed by atoms with Crippen molar-refractivity contribution in [2.75, 3.05) is 26.2 Å². The summed E-state index contributed by atoms with van der Waals surface area (Å²) in [6.45, 7) is 8.60. The van der Waals surface area contributed by atoms with Gasteiger partial charge in [-0.15, -0.1) is 0 Å². The third-order valence-corrected chi connectivity index (χ3v) is 6.20. The Hall–Kier alpha value is -3.56. The molecule has 0 saturated carbocycles. The predicted octanol–water partition coefficient (Wildman–Crippen LogP) is 3.61. The van der Waals surface area contributed by atoms with Crippen LogP contribution in [-0.2, 0) is 24.4 Å². The van der Waals surface area contributed by atoms with E-state index in [1.807, 2.05) is 51.1 Å². The van der Waals surface area contributed by atoms with Crippen LogP contribution in [0.5, 0.6) is 0 Å². The minimum absolute atomic E-state index is 0.0676. The summed E-state index contributed by atoms with van der Waals surface area (Å²) in [6, 6.07) is 16.1. The summed E-state index contributed by atoms with van der Waals surface area (Å²) in [6.07, 6.45) is -0.324. The van der Waals surface area contributed by atoms with Crippen molar-refractivity contribution >= 4 is 6.09 Å². The number of carbonyl (C=O) groups is 1. The molecule has 3 aromatic rings. The molecule has 8 nitrogen and oxygen atoms in total. The zero-order chi connectivity index (χ0) is 26.6. The Balaban J connectivity index is 1.59. The minimum atomic E-state index is -0.546. The maximum absolute atomic E-state index is 14.1. The molecule has 37 heavy (non-hydrogen) atoms. The molecular formula is C28H34FN5O3. The van der Waals surface area contributed by atoms with E-state index in [9.17, 15) is 14.0 Å².